The van der Waals surface area contributed by atoms with E-state index in [0.29, 0.717) is 18.0 Å². The van der Waals surface area contributed by atoms with Crippen molar-refractivity contribution in [2.45, 2.75) is 59.2 Å². The van der Waals surface area contributed by atoms with E-state index in [-0.39, 0.29) is 0 Å². The summed E-state index contributed by atoms with van der Waals surface area (Å²) in [7, 11) is 0. The molecule has 0 amide bonds. The second kappa shape index (κ2) is 5.49. The topological polar surface area (TPSA) is 41.3 Å². The van der Waals surface area contributed by atoms with E-state index in [4.69, 9.17) is 4.42 Å². The number of oxazole rings is 1. The molecule has 0 bridgehead atoms. The molecule has 0 radical (unpaired) electrons. The zero-order valence-corrected chi connectivity index (χ0v) is 13.1. The van der Waals surface area contributed by atoms with Gasteiger partial charge >= 0.3 is 0 Å². The molecule has 3 rings (SSSR count). The summed E-state index contributed by atoms with van der Waals surface area (Å²) < 4.78 is 5.78. The second-order valence-corrected chi connectivity index (χ2v) is 6.84. The van der Waals surface area contributed by atoms with Crippen molar-refractivity contribution in [2.24, 2.45) is 11.8 Å². The van der Waals surface area contributed by atoms with Crippen LogP contribution in [-0.2, 0) is 6.54 Å². The molecule has 1 N–H and O–H groups in total. The molecule has 112 valence electrons. The van der Waals surface area contributed by atoms with Gasteiger partial charge in [0.2, 0.25) is 5.89 Å². The maximum absolute atomic E-state index is 5.78. The first-order valence-electron chi connectivity index (χ1n) is 7.95. The van der Waals surface area contributed by atoms with Gasteiger partial charge in [0.15, 0.2) is 0 Å². The van der Waals surface area contributed by atoms with Crippen molar-refractivity contribution in [3.05, 3.63) is 17.3 Å². The second-order valence-electron chi connectivity index (χ2n) is 6.84. The first-order chi connectivity index (χ1) is 9.54. The Morgan fingerprint density at radius 3 is 2.65 bits per heavy atom. The summed E-state index contributed by atoms with van der Waals surface area (Å²) in [4.78, 5) is 7.13. The molecule has 1 aliphatic heterocycles. The molecule has 4 heteroatoms. The molecule has 0 aromatic carbocycles. The number of aryl methyl sites for hydroxylation is 2. The summed E-state index contributed by atoms with van der Waals surface area (Å²) in [5, 5.41) is 3.75. The zero-order chi connectivity index (χ0) is 14.3. The summed E-state index contributed by atoms with van der Waals surface area (Å²) >= 11 is 0. The van der Waals surface area contributed by atoms with E-state index in [0.717, 1.165) is 42.9 Å². The Bertz CT molecular complexity index is 445. The van der Waals surface area contributed by atoms with Gasteiger partial charge in [-0.15, -0.1) is 0 Å². The van der Waals surface area contributed by atoms with E-state index in [9.17, 15) is 0 Å². The molecule has 1 aromatic rings. The number of nitrogens with zero attached hydrogens (tertiary/aromatic N) is 2. The number of rotatable bonds is 4. The number of aromatic nitrogens is 1. The fourth-order valence-electron chi connectivity index (χ4n) is 3.29. The van der Waals surface area contributed by atoms with Crippen LogP contribution in [0.25, 0.3) is 0 Å². The summed E-state index contributed by atoms with van der Waals surface area (Å²) in [6.07, 6.45) is 2.80. The van der Waals surface area contributed by atoms with Gasteiger partial charge in [0, 0.05) is 25.2 Å². The van der Waals surface area contributed by atoms with Crippen molar-refractivity contribution in [2.75, 3.05) is 13.1 Å². The van der Waals surface area contributed by atoms with Crippen LogP contribution in [0.3, 0.4) is 0 Å². The largest absolute Gasteiger partial charge is 0.444 e. The normalized spacial score (nSPS) is 28.2. The summed E-state index contributed by atoms with van der Waals surface area (Å²) in [5.74, 6) is 3.38. The Morgan fingerprint density at radius 1 is 1.35 bits per heavy atom. The molecule has 2 unspecified atom stereocenters. The molecule has 1 saturated carbocycles. The van der Waals surface area contributed by atoms with Gasteiger partial charge in [-0.05, 0) is 38.5 Å². The fourth-order valence-corrected chi connectivity index (χ4v) is 3.29. The van der Waals surface area contributed by atoms with E-state index in [2.05, 4.69) is 29.0 Å². The first-order valence-corrected chi connectivity index (χ1v) is 7.95. The zero-order valence-electron chi connectivity index (χ0n) is 13.1. The summed E-state index contributed by atoms with van der Waals surface area (Å²) in [5.41, 5.74) is 1.02. The van der Waals surface area contributed by atoms with Crippen LogP contribution in [0.4, 0.5) is 0 Å². The van der Waals surface area contributed by atoms with Gasteiger partial charge in [0.1, 0.15) is 5.76 Å². The average Bonchev–Trinajstić information content (AvgIpc) is 3.17. The van der Waals surface area contributed by atoms with Crippen LogP contribution in [0, 0.1) is 25.7 Å². The Balaban J connectivity index is 1.71. The number of hydrogen-bond acceptors (Lipinski definition) is 4. The Kier molecular flexibility index (Phi) is 3.87. The molecule has 4 nitrogen and oxygen atoms in total. The SMILES string of the molecule is Cc1nc(CN2CC(C3CC3)NCC2C(C)C)oc1C. The van der Waals surface area contributed by atoms with Crippen LogP contribution in [0.2, 0.25) is 0 Å². The molecule has 2 fully saturated rings. The van der Waals surface area contributed by atoms with Crippen LogP contribution in [0.5, 0.6) is 0 Å². The smallest absolute Gasteiger partial charge is 0.208 e. The van der Waals surface area contributed by atoms with Crippen molar-refractivity contribution in [3.63, 3.8) is 0 Å². The van der Waals surface area contributed by atoms with Crippen molar-refractivity contribution in [1.29, 1.82) is 0 Å². The lowest BCUT2D eigenvalue weighted by atomic mass is 9.97. The minimum atomic E-state index is 0.581. The van der Waals surface area contributed by atoms with Crippen LogP contribution in [-0.4, -0.2) is 35.1 Å². The lowest BCUT2D eigenvalue weighted by molar-refractivity contribution is 0.0766. The van der Waals surface area contributed by atoms with E-state index in [1.807, 2.05) is 13.8 Å². The van der Waals surface area contributed by atoms with Gasteiger partial charge in [-0.2, -0.15) is 0 Å². The highest BCUT2D eigenvalue weighted by molar-refractivity contribution is 5.06. The highest BCUT2D eigenvalue weighted by atomic mass is 16.4. The third-order valence-corrected chi connectivity index (χ3v) is 4.86. The van der Waals surface area contributed by atoms with Crippen molar-refractivity contribution in [1.82, 2.24) is 15.2 Å². The minimum absolute atomic E-state index is 0.581. The number of piperazine rings is 1. The van der Waals surface area contributed by atoms with Crippen molar-refractivity contribution < 1.29 is 4.42 Å². The van der Waals surface area contributed by atoms with Gasteiger partial charge in [-0.3, -0.25) is 4.90 Å². The average molecular weight is 277 g/mol. The number of hydrogen-bond donors (Lipinski definition) is 1. The molecular weight excluding hydrogens is 250 g/mol. The summed E-state index contributed by atoms with van der Waals surface area (Å²) in [6.45, 7) is 11.7. The van der Waals surface area contributed by atoms with E-state index in [1.54, 1.807) is 0 Å². The molecule has 1 saturated heterocycles. The molecule has 1 aromatic heterocycles. The predicted octanol–water partition coefficient (Wildman–Crippen LogP) is 2.50. The fraction of sp³-hybridized carbons (Fsp3) is 0.812. The van der Waals surface area contributed by atoms with Crippen LogP contribution >= 0.6 is 0 Å². The molecule has 2 aliphatic rings. The van der Waals surface area contributed by atoms with E-state index < -0.39 is 0 Å². The van der Waals surface area contributed by atoms with Crippen LogP contribution < -0.4 is 5.32 Å². The van der Waals surface area contributed by atoms with Crippen molar-refractivity contribution >= 4 is 0 Å². The first kappa shape index (κ1) is 14.1. The molecule has 0 spiro atoms. The maximum atomic E-state index is 5.78. The monoisotopic (exact) mass is 277 g/mol. The van der Waals surface area contributed by atoms with Crippen LogP contribution in [0.1, 0.15) is 44.0 Å². The molecule has 20 heavy (non-hydrogen) atoms. The lowest BCUT2D eigenvalue weighted by Gasteiger charge is -2.42. The van der Waals surface area contributed by atoms with Gasteiger partial charge in [0.25, 0.3) is 0 Å². The Morgan fingerprint density at radius 2 is 2.10 bits per heavy atom. The highest BCUT2D eigenvalue weighted by Gasteiger charge is 2.38. The van der Waals surface area contributed by atoms with Gasteiger partial charge in [0.05, 0.1) is 12.2 Å². The summed E-state index contributed by atoms with van der Waals surface area (Å²) in [6, 6.07) is 1.25. The minimum Gasteiger partial charge on any atom is -0.444 e. The third-order valence-electron chi connectivity index (χ3n) is 4.86. The standard InChI is InChI=1S/C16H27N3O/c1-10(2)15-7-17-14(13-5-6-13)8-19(15)9-16-18-11(3)12(4)20-16/h10,13-15,17H,5-9H2,1-4H3. The van der Waals surface area contributed by atoms with Gasteiger partial charge in [-0.1, -0.05) is 13.8 Å². The number of nitrogens with one attached hydrogen (secondary N) is 1. The predicted molar refractivity (Wildman–Crippen MR) is 79.5 cm³/mol. The quantitative estimate of drug-likeness (QED) is 0.918. The highest BCUT2D eigenvalue weighted by Crippen LogP contribution is 2.35. The van der Waals surface area contributed by atoms with Gasteiger partial charge in [-0.25, -0.2) is 4.98 Å². The maximum Gasteiger partial charge on any atom is 0.208 e. The lowest BCUT2D eigenvalue weighted by Crippen LogP contribution is -2.58. The Hall–Kier alpha value is -0.870. The van der Waals surface area contributed by atoms with Crippen LogP contribution in [0.15, 0.2) is 4.42 Å². The van der Waals surface area contributed by atoms with Crippen molar-refractivity contribution in [3.8, 4) is 0 Å². The molecule has 1 aliphatic carbocycles. The molecule has 2 heterocycles. The van der Waals surface area contributed by atoms with Gasteiger partial charge < -0.3 is 9.73 Å². The third kappa shape index (κ3) is 2.91. The van der Waals surface area contributed by atoms with E-state index in [1.165, 1.54) is 12.8 Å². The molecule has 2 atom stereocenters. The Labute approximate surface area is 121 Å². The molecular formula is C16H27N3O. The van der Waals surface area contributed by atoms with E-state index >= 15 is 0 Å².